The zero-order valence-corrected chi connectivity index (χ0v) is 17.9. The number of carbonyl (C=O) groups excluding carboxylic acids is 2. The third kappa shape index (κ3) is 5.01. The Morgan fingerprint density at radius 1 is 1.10 bits per heavy atom. The van der Waals surface area contributed by atoms with Crippen LogP contribution in [-0.4, -0.2) is 25.1 Å². The van der Waals surface area contributed by atoms with Gasteiger partial charge in [0.25, 0.3) is 5.91 Å². The van der Waals surface area contributed by atoms with Crippen LogP contribution in [0.5, 0.6) is 0 Å². The molecule has 3 aromatic rings. The number of amides is 1. The summed E-state index contributed by atoms with van der Waals surface area (Å²) in [7, 11) is 1.55. The van der Waals surface area contributed by atoms with Crippen LogP contribution in [0.3, 0.4) is 0 Å². The van der Waals surface area contributed by atoms with E-state index < -0.39 is 17.9 Å². The smallest absolute Gasteiger partial charge is 0.308 e. The summed E-state index contributed by atoms with van der Waals surface area (Å²) in [5, 5.41) is 4.13. The number of hydrogen-bond acceptors (Lipinski definition) is 5. The summed E-state index contributed by atoms with van der Waals surface area (Å²) in [6.45, 7) is 3.75. The van der Waals surface area contributed by atoms with Crippen molar-refractivity contribution in [3.05, 3.63) is 70.4 Å². The number of hydrogen-bond donors (Lipinski definition) is 1. The van der Waals surface area contributed by atoms with Gasteiger partial charge in [0.1, 0.15) is 5.58 Å². The van der Waals surface area contributed by atoms with Gasteiger partial charge in [0.15, 0.2) is 5.76 Å². The van der Waals surface area contributed by atoms with E-state index in [-0.39, 0.29) is 24.9 Å². The monoisotopic (exact) mass is 429 g/mol. The molecule has 3 rings (SSSR count). The Morgan fingerprint density at radius 3 is 2.50 bits per heavy atom. The summed E-state index contributed by atoms with van der Waals surface area (Å²) in [6.07, 6.45) is -0.322. The lowest BCUT2D eigenvalue weighted by molar-refractivity contribution is -0.147. The van der Waals surface area contributed by atoms with Gasteiger partial charge >= 0.3 is 5.97 Å². The number of ether oxygens (including phenoxy) is 2. The standard InChI is InChI=1S/C23H24ClNO5/c1-14(2)29-21(26)12-19(16-9-4-6-10-18(16)24)25-23(27)22-17(13-28-3)15-8-5-7-11-20(15)30-22/h4-11,14,19H,12-13H2,1-3H3,(H,25,27). The second-order valence-corrected chi connectivity index (χ2v) is 7.54. The van der Waals surface area contributed by atoms with Crippen molar-refractivity contribution in [2.45, 2.75) is 39.0 Å². The lowest BCUT2D eigenvalue weighted by Gasteiger charge is -2.20. The van der Waals surface area contributed by atoms with Gasteiger partial charge in [0, 0.05) is 23.1 Å². The summed E-state index contributed by atoms with van der Waals surface area (Å²) < 4.78 is 16.3. The molecule has 0 radical (unpaired) electrons. The second-order valence-electron chi connectivity index (χ2n) is 7.13. The molecule has 1 atom stereocenters. The maximum atomic E-state index is 13.2. The Hall–Kier alpha value is -2.83. The third-order valence-corrected chi connectivity index (χ3v) is 4.86. The summed E-state index contributed by atoms with van der Waals surface area (Å²) in [5.74, 6) is -0.746. The molecule has 1 aromatic heterocycles. The quantitative estimate of drug-likeness (QED) is 0.507. The van der Waals surface area contributed by atoms with Crippen LogP contribution in [0.2, 0.25) is 5.02 Å². The fourth-order valence-electron chi connectivity index (χ4n) is 3.27. The van der Waals surface area contributed by atoms with E-state index in [4.69, 9.17) is 25.5 Å². The molecule has 0 aliphatic heterocycles. The Bertz CT molecular complexity index is 1040. The molecule has 7 heteroatoms. The highest BCUT2D eigenvalue weighted by atomic mass is 35.5. The summed E-state index contributed by atoms with van der Waals surface area (Å²) in [5.41, 5.74) is 1.86. The number of nitrogens with one attached hydrogen (secondary N) is 1. The minimum Gasteiger partial charge on any atom is -0.463 e. The highest BCUT2D eigenvalue weighted by Crippen LogP contribution is 2.29. The van der Waals surface area contributed by atoms with Gasteiger partial charge < -0.3 is 19.2 Å². The molecule has 0 bridgehead atoms. The predicted molar refractivity (Wildman–Crippen MR) is 114 cm³/mol. The molecule has 0 saturated heterocycles. The fourth-order valence-corrected chi connectivity index (χ4v) is 3.54. The van der Waals surface area contributed by atoms with Gasteiger partial charge in [0.05, 0.1) is 25.2 Å². The molecule has 0 aliphatic rings. The van der Waals surface area contributed by atoms with Crippen LogP contribution >= 0.6 is 11.6 Å². The van der Waals surface area contributed by atoms with Crippen molar-refractivity contribution in [1.82, 2.24) is 5.32 Å². The van der Waals surface area contributed by atoms with Gasteiger partial charge in [-0.3, -0.25) is 9.59 Å². The molecule has 0 spiro atoms. The van der Waals surface area contributed by atoms with Gasteiger partial charge in [-0.2, -0.15) is 0 Å². The maximum absolute atomic E-state index is 13.2. The Labute approximate surface area is 180 Å². The molecule has 30 heavy (non-hydrogen) atoms. The van der Waals surface area contributed by atoms with E-state index in [1.54, 1.807) is 51.3 Å². The van der Waals surface area contributed by atoms with E-state index in [9.17, 15) is 9.59 Å². The molecule has 0 aliphatic carbocycles. The number of benzene rings is 2. The molecule has 1 amide bonds. The molecule has 6 nitrogen and oxygen atoms in total. The zero-order valence-electron chi connectivity index (χ0n) is 17.1. The summed E-state index contributed by atoms with van der Waals surface area (Å²) in [6, 6.07) is 13.7. The number of para-hydroxylation sites is 1. The number of rotatable bonds is 8. The van der Waals surface area contributed by atoms with Gasteiger partial charge in [-0.1, -0.05) is 48.0 Å². The maximum Gasteiger partial charge on any atom is 0.308 e. The highest BCUT2D eigenvalue weighted by molar-refractivity contribution is 6.31. The molecule has 1 heterocycles. The molecular formula is C23H24ClNO5. The first-order valence-corrected chi connectivity index (χ1v) is 10.0. The average Bonchev–Trinajstić information content (AvgIpc) is 3.06. The largest absolute Gasteiger partial charge is 0.463 e. The Morgan fingerprint density at radius 2 is 1.80 bits per heavy atom. The normalized spacial score (nSPS) is 12.2. The van der Waals surface area contributed by atoms with Gasteiger partial charge in [0.2, 0.25) is 0 Å². The third-order valence-electron chi connectivity index (χ3n) is 4.52. The molecule has 0 saturated carbocycles. The van der Waals surface area contributed by atoms with Gasteiger partial charge in [-0.25, -0.2) is 0 Å². The lowest BCUT2D eigenvalue weighted by Crippen LogP contribution is -2.31. The topological polar surface area (TPSA) is 77.8 Å². The summed E-state index contributed by atoms with van der Waals surface area (Å²) >= 11 is 6.34. The highest BCUT2D eigenvalue weighted by Gasteiger charge is 2.26. The SMILES string of the molecule is COCc1c(C(=O)NC(CC(=O)OC(C)C)c2ccccc2Cl)oc2ccccc12. The van der Waals surface area contributed by atoms with Gasteiger partial charge in [-0.05, 0) is 31.5 Å². The van der Waals surface area contributed by atoms with Crippen molar-refractivity contribution in [2.24, 2.45) is 0 Å². The fraction of sp³-hybridized carbons (Fsp3) is 0.304. The van der Waals surface area contributed by atoms with Crippen LogP contribution in [0.15, 0.2) is 52.9 Å². The number of carbonyl (C=O) groups is 2. The first-order valence-electron chi connectivity index (χ1n) is 9.64. The number of furan rings is 1. The Kier molecular flexibility index (Phi) is 7.13. The van der Waals surface area contributed by atoms with Crippen molar-refractivity contribution in [3.63, 3.8) is 0 Å². The van der Waals surface area contributed by atoms with E-state index in [2.05, 4.69) is 5.32 Å². The van der Waals surface area contributed by atoms with E-state index in [1.165, 1.54) is 0 Å². The minimum absolute atomic E-state index is 0.0620. The molecule has 1 N–H and O–H groups in total. The van der Waals surface area contributed by atoms with E-state index >= 15 is 0 Å². The van der Waals surface area contributed by atoms with Crippen molar-refractivity contribution >= 4 is 34.4 Å². The van der Waals surface area contributed by atoms with Gasteiger partial charge in [-0.15, -0.1) is 0 Å². The number of fused-ring (bicyclic) bond motifs is 1. The van der Waals surface area contributed by atoms with Crippen LogP contribution < -0.4 is 5.32 Å². The van der Waals surface area contributed by atoms with Crippen molar-refractivity contribution in [3.8, 4) is 0 Å². The number of esters is 1. The lowest BCUT2D eigenvalue weighted by atomic mass is 10.0. The number of methoxy groups -OCH3 is 1. The van der Waals surface area contributed by atoms with Crippen LogP contribution in [0.4, 0.5) is 0 Å². The van der Waals surface area contributed by atoms with Crippen LogP contribution in [-0.2, 0) is 20.9 Å². The van der Waals surface area contributed by atoms with Crippen LogP contribution in [0.25, 0.3) is 11.0 Å². The van der Waals surface area contributed by atoms with E-state index in [0.29, 0.717) is 21.7 Å². The molecule has 1 unspecified atom stereocenters. The summed E-state index contributed by atoms with van der Waals surface area (Å²) in [4.78, 5) is 25.5. The van der Waals surface area contributed by atoms with Crippen molar-refractivity contribution < 1.29 is 23.5 Å². The van der Waals surface area contributed by atoms with E-state index in [0.717, 1.165) is 5.39 Å². The van der Waals surface area contributed by atoms with Crippen LogP contribution in [0, 0.1) is 0 Å². The van der Waals surface area contributed by atoms with Crippen molar-refractivity contribution in [1.29, 1.82) is 0 Å². The van der Waals surface area contributed by atoms with Crippen molar-refractivity contribution in [2.75, 3.05) is 7.11 Å². The molecular weight excluding hydrogens is 406 g/mol. The predicted octanol–water partition coefficient (Wildman–Crippen LogP) is 5.05. The molecule has 158 valence electrons. The van der Waals surface area contributed by atoms with E-state index in [1.807, 2.05) is 18.2 Å². The molecule has 2 aromatic carbocycles. The Balaban J connectivity index is 1.93. The number of halogens is 1. The minimum atomic E-state index is -0.680. The first kappa shape index (κ1) is 21.9. The zero-order chi connectivity index (χ0) is 21.7. The molecule has 0 fully saturated rings. The first-order chi connectivity index (χ1) is 14.4. The van der Waals surface area contributed by atoms with Crippen LogP contribution in [0.1, 0.15) is 48.0 Å². The second kappa shape index (κ2) is 9.78. The average molecular weight is 430 g/mol.